The Balaban J connectivity index is 2.19. The minimum atomic E-state index is -3.74. The van der Waals surface area contributed by atoms with Crippen molar-refractivity contribution in [3.05, 3.63) is 59.4 Å². The lowest BCUT2D eigenvalue weighted by molar-refractivity contribution is 0.102. The number of nitrogens with one attached hydrogen (secondary N) is 2. The number of rotatable bonds is 7. The molecule has 0 bridgehead atoms. The van der Waals surface area contributed by atoms with Gasteiger partial charge in [-0.2, -0.15) is 0 Å². The van der Waals surface area contributed by atoms with Crippen molar-refractivity contribution in [2.45, 2.75) is 19.8 Å². The Morgan fingerprint density at radius 3 is 2.35 bits per heavy atom. The highest BCUT2D eigenvalue weighted by Crippen LogP contribution is 2.20. The van der Waals surface area contributed by atoms with Crippen molar-refractivity contribution >= 4 is 27.3 Å². The molecule has 0 aromatic heterocycles. The molecule has 0 atom stereocenters. The van der Waals surface area contributed by atoms with Gasteiger partial charge in [-0.25, -0.2) is 21.6 Å². The van der Waals surface area contributed by atoms with Crippen LogP contribution < -0.4 is 10.0 Å². The third-order valence-corrected chi connectivity index (χ3v) is 4.80. The van der Waals surface area contributed by atoms with Gasteiger partial charge in [0.2, 0.25) is 10.0 Å². The van der Waals surface area contributed by atoms with E-state index in [0.29, 0.717) is 12.8 Å². The minimum absolute atomic E-state index is 0.00306. The zero-order chi connectivity index (χ0) is 19.3. The van der Waals surface area contributed by atoms with Crippen LogP contribution >= 0.6 is 0 Å². The average molecular weight is 386 g/mol. The van der Waals surface area contributed by atoms with Crippen LogP contribution in [0.2, 0.25) is 0 Å². The van der Waals surface area contributed by atoms with Gasteiger partial charge < -0.3 is 5.32 Å². The molecule has 0 fully saturated rings. The third-order valence-electron chi connectivity index (χ3n) is 3.44. The van der Waals surface area contributed by atoms with Crippen LogP contribution in [-0.2, 0) is 10.0 Å². The number of hydrogen-bond donors (Lipinski definition) is 2. The van der Waals surface area contributed by atoms with Gasteiger partial charge in [-0.3, -0.25) is 9.52 Å². The second-order valence-electron chi connectivity index (χ2n) is 5.55. The number of carbonyl (C=O) groups is 1. The van der Waals surface area contributed by atoms with Crippen molar-refractivity contribution in [1.82, 2.24) is 0 Å². The molecule has 2 aromatic rings. The van der Waals surface area contributed by atoms with Crippen LogP contribution in [0.25, 0.3) is 0 Å². The predicted molar refractivity (Wildman–Crippen MR) is 93.0 cm³/mol. The maximum Gasteiger partial charge on any atom is 0.255 e. The molecule has 0 heterocycles. The van der Waals surface area contributed by atoms with Crippen LogP contribution in [-0.4, -0.2) is 20.1 Å². The summed E-state index contributed by atoms with van der Waals surface area (Å²) in [5, 5.41) is 2.32. The summed E-state index contributed by atoms with van der Waals surface area (Å²) in [6.07, 6.45) is 1.06. The van der Waals surface area contributed by atoms with E-state index >= 15 is 0 Å². The summed E-state index contributed by atoms with van der Waals surface area (Å²) in [6.45, 7) is 1.82. The van der Waals surface area contributed by atoms with Gasteiger partial charge >= 0.3 is 0 Å². The fourth-order valence-corrected chi connectivity index (χ4v) is 3.34. The quantitative estimate of drug-likeness (QED) is 0.758. The number of hydrogen-bond acceptors (Lipinski definition) is 3. The Morgan fingerprint density at radius 1 is 1.00 bits per heavy atom. The highest BCUT2D eigenvalue weighted by atomic mass is 32.2. The molecule has 0 radical (unpaired) electrons. The lowest BCUT2D eigenvalue weighted by atomic mass is 10.1. The topological polar surface area (TPSA) is 75.3 Å². The van der Waals surface area contributed by atoms with E-state index in [1.54, 1.807) is 0 Å². The van der Waals surface area contributed by atoms with E-state index in [0.717, 1.165) is 36.4 Å². The van der Waals surface area contributed by atoms with E-state index in [9.17, 15) is 26.4 Å². The summed E-state index contributed by atoms with van der Waals surface area (Å²) in [7, 11) is -3.74. The summed E-state index contributed by atoms with van der Waals surface area (Å²) in [5.74, 6) is -3.94. The first-order chi connectivity index (χ1) is 12.2. The van der Waals surface area contributed by atoms with E-state index < -0.39 is 33.4 Å². The molecule has 0 saturated heterocycles. The molecule has 140 valence electrons. The lowest BCUT2D eigenvalue weighted by Crippen LogP contribution is -2.18. The number of halogens is 3. The first kappa shape index (κ1) is 19.8. The fraction of sp³-hybridized carbons (Fsp3) is 0.235. The SMILES string of the molecule is CCCCS(=O)(=O)Nc1cc(C(=O)Nc2ccc(F)c(F)c2)ccc1F. The van der Waals surface area contributed by atoms with E-state index in [1.165, 1.54) is 0 Å². The highest BCUT2D eigenvalue weighted by Gasteiger charge is 2.16. The van der Waals surface area contributed by atoms with Crippen LogP contribution in [0.15, 0.2) is 36.4 Å². The van der Waals surface area contributed by atoms with Crippen LogP contribution in [0, 0.1) is 17.5 Å². The second-order valence-corrected chi connectivity index (χ2v) is 7.39. The van der Waals surface area contributed by atoms with Crippen LogP contribution in [0.4, 0.5) is 24.5 Å². The molecule has 0 aliphatic heterocycles. The maximum absolute atomic E-state index is 13.9. The molecule has 2 aromatic carbocycles. The molecule has 9 heteroatoms. The first-order valence-electron chi connectivity index (χ1n) is 7.78. The van der Waals surface area contributed by atoms with E-state index in [1.807, 2.05) is 6.92 Å². The Kier molecular flexibility index (Phi) is 6.25. The Bertz CT molecular complexity index is 917. The van der Waals surface area contributed by atoms with Crippen molar-refractivity contribution in [2.24, 2.45) is 0 Å². The zero-order valence-electron chi connectivity index (χ0n) is 13.9. The molecule has 0 aliphatic carbocycles. The van der Waals surface area contributed by atoms with E-state index in [4.69, 9.17) is 0 Å². The standard InChI is InChI=1S/C17H17F3N2O3S/c1-2-3-8-26(24,25)22-16-9-11(4-6-14(16)19)17(23)21-12-5-7-13(18)15(20)10-12/h4-7,9-10,22H,2-3,8H2,1H3,(H,21,23). The molecular weight excluding hydrogens is 369 g/mol. The summed E-state index contributed by atoms with van der Waals surface area (Å²) in [5.41, 5.74) is -0.410. The van der Waals surface area contributed by atoms with Crippen molar-refractivity contribution in [3.8, 4) is 0 Å². The number of anilines is 2. The molecule has 0 aliphatic rings. The Morgan fingerprint density at radius 2 is 1.69 bits per heavy atom. The molecular formula is C17H17F3N2O3S. The Labute approximate surface area is 149 Å². The number of sulfonamides is 1. The minimum Gasteiger partial charge on any atom is -0.322 e. The number of benzene rings is 2. The van der Waals surface area contributed by atoms with E-state index in [-0.39, 0.29) is 22.7 Å². The first-order valence-corrected chi connectivity index (χ1v) is 9.43. The van der Waals surface area contributed by atoms with Gasteiger partial charge in [0, 0.05) is 17.3 Å². The monoisotopic (exact) mass is 386 g/mol. The lowest BCUT2D eigenvalue weighted by Gasteiger charge is -2.11. The molecule has 1 amide bonds. The highest BCUT2D eigenvalue weighted by molar-refractivity contribution is 7.92. The van der Waals surface area contributed by atoms with Gasteiger partial charge in [0.25, 0.3) is 5.91 Å². The molecule has 0 spiro atoms. The summed E-state index contributed by atoms with van der Waals surface area (Å²) in [4.78, 5) is 12.2. The molecule has 5 nitrogen and oxygen atoms in total. The van der Waals surface area contributed by atoms with Gasteiger partial charge in [-0.15, -0.1) is 0 Å². The number of carbonyl (C=O) groups excluding carboxylic acids is 1. The van der Waals surface area contributed by atoms with Gasteiger partial charge in [0.15, 0.2) is 11.6 Å². The van der Waals surface area contributed by atoms with Crippen molar-refractivity contribution in [1.29, 1.82) is 0 Å². The van der Waals surface area contributed by atoms with E-state index in [2.05, 4.69) is 10.0 Å². The Hall–Kier alpha value is -2.55. The average Bonchev–Trinajstić information content (AvgIpc) is 2.58. The molecule has 26 heavy (non-hydrogen) atoms. The largest absolute Gasteiger partial charge is 0.322 e. The van der Waals surface area contributed by atoms with Crippen LogP contribution in [0.5, 0.6) is 0 Å². The summed E-state index contributed by atoms with van der Waals surface area (Å²) in [6, 6.07) is 5.93. The molecule has 0 saturated carbocycles. The summed E-state index contributed by atoms with van der Waals surface area (Å²) >= 11 is 0. The van der Waals surface area contributed by atoms with Gasteiger partial charge in [0.05, 0.1) is 11.4 Å². The zero-order valence-corrected chi connectivity index (χ0v) is 14.7. The number of amides is 1. The van der Waals surface area contributed by atoms with Crippen molar-refractivity contribution < 1.29 is 26.4 Å². The van der Waals surface area contributed by atoms with Gasteiger partial charge in [-0.05, 0) is 36.8 Å². The van der Waals surface area contributed by atoms with Crippen LogP contribution in [0.3, 0.4) is 0 Å². The molecule has 2 rings (SSSR count). The predicted octanol–water partition coefficient (Wildman–Crippen LogP) is 3.90. The third kappa shape index (κ3) is 5.22. The summed E-state index contributed by atoms with van der Waals surface area (Å²) < 4.78 is 65.9. The second kappa shape index (κ2) is 8.22. The molecule has 0 unspecified atom stereocenters. The van der Waals surface area contributed by atoms with Crippen molar-refractivity contribution in [3.63, 3.8) is 0 Å². The smallest absolute Gasteiger partial charge is 0.255 e. The molecule has 2 N–H and O–H groups in total. The number of unbranched alkanes of at least 4 members (excludes halogenated alkanes) is 1. The van der Waals surface area contributed by atoms with Crippen LogP contribution in [0.1, 0.15) is 30.1 Å². The maximum atomic E-state index is 13.9. The van der Waals surface area contributed by atoms with Gasteiger partial charge in [0.1, 0.15) is 5.82 Å². The van der Waals surface area contributed by atoms with Gasteiger partial charge in [-0.1, -0.05) is 13.3 Å². The normalized spacial score (nSPS) is 11.2. The van der Waals surface area contributed by atoms with Crippen molar-refractivity contribution in [2.75, 3.05) is 15.8 Å². The fourth-order valence-electron chi connectivity index (χ4n) is 2.07.